The first-order chi connectivity index (χ1) is 20.1. The van der Waals surface area contributed by atoms with Gasteiger partial charge in [0.2, 0.25) is 11.8 Å². The molecule has 42 heavy (non-hydrogen) atoms. The summed E-state index contributed by atoms with van der Waals surface area (Å²) in [6, 6.07) is 17.3. The Bertz CT molecular complexity index is 1480. The highest BCUT2D eigenvalue weighted by atomic mass is 32.2. The molecule has 0 aliphatic heterocycles. The standard InChI is InChI=1S/C31H36FN3O6S/c1-22(31(37)33-25-11-7-8-12-25)34(20-23-9-5-4-6-10-23)30(36)21-35(26-15-13-24(32)14-16-26)42(38,39)27-17-18-28(40-2)29(19-27)41-3/h4-6,9-10,13-19,22,25H,7-8,11-12,20-21H2,1-3H3,(H,33,37). The first-order valence-corrected chi connectivity index (χ1v) is 15.2. The van der Waals surface area contributed by atoms with Crippen molar-refractivity contribution in [3.8, 4) is 11.5 Å². The summed E-state index contributed by atoms with van der Waals surface area (Å²) >= 11 is 0. The third-order valence-corrected chi connectivity index (χ3v) is 9.17. The second-order valence-corrected chi connectivity index (χ2v) is 12.0. The lowest BCUT2D eigenvalue weighted by Gasteiger charge is -2.32. The molecule has 224 valence electrons. The summed E-state index contributed by atoms with van der Waals surface area (Å²) < 4.78 is 53.3. The number of ether oxygens (including phenoxy) is 2. The number of rotatable bonds is 12. The first-order valence-electron chi connectivity index (χ1n) is 13.8. The van der Waals surface area contributed by atoms with Gasteiger partial charge >= 0.3 is 0 Å². The van der Waals surface area contributed by atoms with Crippen molar-refractivity contribution >= 4 is 27.5 Å². The number of anilines is 1. The highest BCUT2D eigenvalue weighted by molar-refractivity contribution is 7.92. The van der Waals surface area contributed by atoms with Gasteiger partial charge in [-0.1, -0.05) is 43.2 Å². The number of carbonyl (C=O) groups excluding carboxylic acids is 2. The maximum absolute atomic E-state index is 14.0. The third-order valence-electron chi connectivity index (χ3n) is 7.40. The van der Waals surface area contributed by atoms with Crippen molar-refractivity contribution in [2.24, 2.45) is 0 Å². The Labute approximate surface area is 246 Å². The van der Waals surface area contributed by atoms with E-state index >= 15 is 0 Å². The molecule has 1 fully saturated rings. The molecule has 0 bridgehead atoms. The molecule has 3 aromatic carbocycles. The van der Waals surface area contributed by atoms with E-state index < -0.39 is 34.3 Å². The Kier molecular flexibility index (Phi) is 10.1. The summed E-state index contributed by atoms with van der Waals surface area (Å²) in [6.45, 7) is 1.10. The molecule has 1 aliphatic rings. The topological polar surface area (TPSA) is 105 Å². The van der Waals surface area contributed by atoms with Gasteiger partial charge in [0.15, 0.2) is 11.5 Å². The van der Waals surface area contributed by atoms with Crippen molar-refractivity contribution in [3.63, 3.8) is 0 Å². The Balaban J connectivity index is 1.70. The summed E-state index contributed by atoms with van der Waals surface area (Å²) in [5, 5.41) is 3.04. The summed E-state index contributed by atoms with van der Waals surface area (Å²) in [6.07, 6.45) is 3.83. The lowest BCUT2D eigenvalue weighted by Crippen LogP contribution is -2.52. The van der Waals surface area contributed by atoms with E-state index in [4.69, 9.17) is 9.47 Å². The number of carbonyl (C=O) groups is 2. The monoisotopic (exact) mass is 597 g/mol. The van der Waals surface area contributed by atoms with Gasteiger partial charge in [-0.05, 0) is 61.7 Å². The van der Waals surface area contributed by atoms with E-state index in [1.807, 2.05) is 30.3 Å². The van der Waals surface area contributed by atoms with Crippen molar-refractivity contribution in [3.05, 3.63) is 84.2 Å². The van der Waals surface area contributed by atoms with Gasteiger partial charge in [-0.15, -0.1) is 0 Å². The van der Waals surface area contributed by atoms with E-state index in [1.165, 1.54) is 49.5 Å². The summed E-state index contributed by atoms with van der Waals surface area (Å²) in [5.41, 5.74) is 0.865. The zero-order valence-electron chi connectivity index (χ0n) is 24.0. The van der Waals surface area contributed by atoms with Gasteiger partial charge in [0.1, 0.15) is 18.4 Å². The van der Waals surface area contributed by atoms with Crippen LogP contribution in [0.2, 0.25) is 0 Å². The predicted octanol–water partition coefficient (Wildman–Crippen LogP) is 4.51. The molecule has 1 saturated carbocycles. The zero-order chi connectivity index (χ0) is 30.3. The van der Waals surface area contributed by atoms with Crippen LogP contribution < -0.4 is 19.1 Å². The molecule has 1 N–H and O–H groups in total. The molecule has 0 aromatic heterocycles. The second kappa shape index (κ2) is 13.7. The number of amides is 2. The molecule has 1 unspecified atom stereocenters. The molecule has 11 heteroatoms. The Morgan fingerprint density at radius 2 is 1.60 bits per heavy atom. The van der Waals surface area contributed by atoms with Crippen molar-refractivity contribution in [2.75, 3.05) is 25.1 Å². The average molecular weight is 598 g/mol. The molecule has 1 atom stereocenters. The van der Waals surface area contributed by atoms with Crippen LogP contribution in [-0.2, 0) is 26.2 Å². The number of nitrogens with zero attached hydrogens (tertiary/aromatic N) is 2. The molecule has 3 aromatic rings. The van der Waals surface area contributed by atoms with Gasteiger partial charge in [0.25, 0.3) is 10.0 Å². The fourth-order valence-corrected chi connectivity index (χ4v) is 6.43. The average Bonchev–Trinajstić information content (AvgIpc) is 3.51. The van der Waals surface area contributed by atoms with E-state index in [-0.39, 0.29) is 34.8 Å². The fraction of sp³-hybridized carbons (Fsp3) is 0.355. The molecule has 1 aliphatic carbocycles. The molecule has 0 radical (unpaired) electrons. The molecular weight excluding hydrogens is 561 g/mol. The Morgan fingerprint density at radius 3 is 2.21 bits per heavy atom. The predicted molar refractivity (Wildman–Crippen MR) is 157 cm³/mol. The molecule has 9 nitrogen and oxygen atoms in total. The van der Waals surface area contributed by atoms with Crippen molar-refractivity contribution < 1.29 is 31.9 Å². The zero-order valence-corrected chi connectivity index (χ0v) is 24.8. The lowest BCUT2D eigenvalue weighted by atomic mass is 10.1. The quantitative estimate of drug-likeness (QED) is 0.329. The van der Waals surface area contributed by atoms with Crippen LogP contribution in [0.15, 0.2) is 77.7 Å². The lowest BCUT2D eigenvalue weighted by molar-refractivity contribution is -0.139. The number of methoxy groups -OCH3 is 2. The van der Waals surface area contributed by atoms with E-state index in [1.54, 1.807) is 6.92 Å². The number of benzene rings is 3. The normalized spacial score (nSPS) is 14.2. The van der Waals surface area contributed by atoms with Crippen LogP contribution in [0.4, 0.5) is 10.1 Å². The van der Waals surface area contributed by atoms with Crippen LogP contribution in [0.5, 0.6) is 11.5 Å². The van der Waals surface area contributed by atoms with Crippen LogP contribution in [0.3, 0.4) is 0 Å². The van der Waals surface area contributed by atoms with Crippen LogP contribution in [0, 0.1) is 5.82 Å². The first kappa shape index (κ1) is 30.8. The van der Waals surface area contributed by atoms with Gasteiger partial charge in [-0.3, -0.25) is 13.9 Å². The largest absolute Gasteiger partial charge is 0.493 e. The summed E-state index contributed by atoms with van der Waals surface area (Å²) in [4.78, 5) is 28.5. The molecule has 0 heterocycles. The van der Waals surface area contributed by atoms with Crippen LogP contribution in [-0.4, -0.2) is 58.0 Å². The number of hydrogen-bond donors (Lipinski definition) is 1. The molecule has 0 saturated heterocycles. The minimum Gasteiger partial charge on any atom is -0.493 e. The number of hydrogen-bond acceptors (Lipinski definition) is 6. The van der Waals surface area contributed by atoms with Gasteiger partial charge in [0, 0.05) is 18.7 Å². The van der Waals surface area contributed by atoms with Gasteiger partial charge in [-0.2, -0.15) is 0 Å². The third kappa shape index (κ3) is 7.20. The van der Waals surface area contributed by atoms with E-state index in [9.17, 15) is 22.4 Å². The fourth-order valence-electron chi connectivity index (χ4n) is 4.99. The van der Waals surface area contributed by atoms with E-state index in [0.717, 1.165) is 47.7 Å². The maximum atomic E-state index is 14.0. The van der Waals surface area contributed by atoms with Gasteiger partial charge in [-0.25, -0.2) is 12.8 Å². The Morgan fingerprint density at radius 1 is 0.952 bits per heavy atom. The van der Waals surface area contributed by atoms with Crippen LogP contribution >= 0.6 is 0 Å². The summed E-state index contributed by atoms with van der Waals surface area (Å²) in [7, 11) is -1.55. The van der Waals surface area contributed by atoms with Crippen molar-refractivity contribution in [1.82, 2.24) is 10.2 Å². The van der Waals surface area contributed by atoms with Gasteiger partial charge < -0.3 is 19.7 Å². The van der Waals surface area contributed by atoms with Gasteiger partial charge in [0.05, 0.1) is 24.8 Å². The SMILES string of the molecule is COc1ccc(S(=O)(=O)N(CC(=O)N(Cc2ccccc2)C(C)C(=O)NC2CCCC2)c2ccc(F)cc2)cc1OC. The molecule has 0 spiro atoms. The Hall–Kier alpha value is -4.12. The second-order valence-electron chi connectivity index (χ2n) is 10.2. The molecule has 4 rings (SSSR count). The minimum absolute atomic E-state index is 0.0507. The van der Waals surface area contributed by atoms with Crippen LogP contribution in [0.25, 0.3) is 0 Å². The molecular formula is C31H36FN3O6S. The minimum atomic E-state index is -4.36. The number of nitrogens with one attached hydrogen (secondary N) is 1. The van der Waals surface area contributed by atoms with E-state index in [0.29, 0.717) is 5.75 Å². The van der Waals surface area contributed by atoms with Crippen LogP contribution in [0.1, 0.15) is 38.2 Å². The van der Waals surface area contributed by atoms with E-state index in [2.05, 4.69) is 5.32 Å². The highest BCUT2D eigenvalue weighted by Gasteiger charge is 2.33. The number of sulfonamides is 1. The summed E-state index contributed by atoms with van der Waals surface area (Å²) in [5.74, 6) is -0.941. The van der Waals surface area contributed by atoms with Crippen molar-refractivity contribution in [1.29, 1.82) is 0 Å². The highest BCUT2D eigenvalue weighted by Crippen LogP contribution is 2.32. The maximum Gasteiger partial charge on any atom is 0.264 e. The van der Waals surface area contributed by atoms with Crippen molar-refractivity contribution in [2.45, 2.75) is 56.1 Å². The number of halogens is 1. The molecule has 2 amide bonds. The smallest absolute Gasteiger partial charge is 0.264 e.